The number of hydrogen-bond acceptors (Lipinski definition) is 3. The Hall–Kier alpha value is -2.56. The summed E-state index contributed by atoms with van der Waals surface area (Å²) in [7, 11) is 2.17. The van der Waals surface area contributed by atoms with E-state index in [9.17, 15) is 9.59 Å². The minimum atomic E-state index is -0.207. The summed E-state index contributed by atoms with van der Waals surface area (Å²) in [5.74, 6) is -0.265. The van der Waals surface area contributed by atoms with Gasteiger partial charge < -0.3 is 15.2 Å². The SMILES string of the molecule is CC(=O)c1c[nH]c(C(=O)NCc2ccc(N(C)C3CCCCC3)cc2)c1. The van der Waals surface area contributed by atoms with Crippen LogP contribution in [0.4, 0.5) is 5.69 Å². The van der Waals surface area contributed by atoms with Gasteiger partial charge in [-0.2, -0.15) is 0 Å². The van der Waals surface area contributed by atoms with Crippen molar-refractivity contribution in [3.05, 3.63) is 53.3 Å². The fourth-order valence-electron chi connectivity index (χ4n) is 3.53. The minimum absolute atomic E-state index is 0.0574. The van der Waals surface area contributed by atoms with Gasteiger partial charge in [0.05, 0.1) is 0 Å². The molecule has 0 radical (unpaired) electrons. The number of hydrogen-bond donors (Lipinski definition) is 2. The standard InChI is InChI=1S/C21H27N3O2/c1-15(25)17-12-20(22-14-17)21(26)23-13-16-8-10-19(11-9-16)24(2)18-6-4-3-5-7-18/h8-12,14,18,22H,3-7,13H2,1-2H3,(H,23,26). The molecule has 1 fully saturated rings. The van der Waals surface area contributed by atoms with Crippen LogP contribution in [0.1, 0.15) is 65.4 Å². The minimum Gasteiger partial charge on any atom is -0.372 e. The summed E-state index contributed by atoms with van der Waals surface area (Å²) in [6, 6.07) is 10.6. The number of carbonyl (C=O) groups is 2. The van der Waals surface area contributed by atoms with Crippen molar-refractivity contribution in [3.8, 4) is 0 Å². The predicted octanol–water partition coefficient (Wildman–Crippen LogP) is 3.92. The largest absolute Gasteiger partial charge is 0.372 e. The number of Topliss-reactive ketones (excluding diaryl/α,β-unsaturated/α-hetero) is 1. The zero-order valence-corrected chi connectivity index (χ0v) is 15.5. The molecule has 1 aromatic carbocycles. The van der Waals surface area contributed by atoms with Crippen molar-refractivity contribution >= 4 is 17.4 Å². The van der Waals surface area contributed by atoms with Crippen molar-refractivity contribution < 1.29 is 9.59 Å². The van der Waals surface area contributed by atoms with Gasteiger partial charge in [0.2, 0.25) is 0 Å². The Bertz CT molecular complexity index is 758. The number of amides is 1. The van der Waals surface area contributed by atoms with Crippen LogP contribution in [-0.2, 0) is 6.54 Å². The fraction of sp³-hybridized carbons (Fsp3) is 0.429. The van der Waals surface area contributed by atoms with Crippen molar-refractivity contribution in [2.24, 2.45) is 0 Å². The van der Waals surface area contributed by atoms with Gasteiger partial charge in [-0.3, -0.25) is 9.59 Å². The lowest BCUT2D eigenvalue weighted by Crippen LogP contribution is -2.33. The lowest BCUT2D eigenvalue weighted by Gasteiger charge is -2.33. The quantitative estimate of drug-likeness (QED) is 0.774. The van der Waals surface area contributed by atoms with Crippen LogP contribution in [0.25, 0.3) is 0 Å². The second-order valence-electron chi connectivity index (χ2n) is 7.11. The molecule has 138 valence electrons. The van der Waals surface area contributed by atoms with E-state index in [0.717, 1.165) is 5.56 Å². The summed E-state index contributed by atoms with van der Waals surface area (Å²) in [6.45, 7) is 1.94. The molecule has 5 heteroatoms. The van der Waals surface area contributed by atoms with E-state index in [2.05, 4.69) is 46.5 Å². The van der Waals surface area contributed by atoms with Gasteiger partial charge in [0.1, 0.15) is 5.69 Å². The van der Waals surface area contributed by atoms with Crippen LogP contribution in [0.3, 0.4) is 0 Å². The number of aromatic nitrogens is 1. The molecule has 5 nitrogen and oxygen atoms in total. The van der Waals surface area contributed by atoms with Gasteiger partial charge in [-0.15, -0.1) is 0 Å². The summed E-state index contributed by atoms with van der Waals surface area (Å²) >= 11 is 0. The van der Waals surface area contributed by atoms with E-state index in [-0.39, 0.29) is 11.7 Å². The molecule has 1 heterocycles. The Morgan fingerprint density at radius 1 is 1.15 bits per heavy atom. The van der Waals surface area contributed by atoms with E-state index in [1.54, 1.807) is 12.3 Å². The number of aromatic amines is 1. The number of rotatable bonds is 6. The van der Waals surface area contributed by atoms with Crippen molar-refractivity contribution in [1.29, 1.82) is 0 Å². The molecule has 0 unspecified atom stereocenters. The topological polar surface area (TPSA) is 65.2 Å². The number of H-pyrrole nitrogens is 1. The normalized spacial score (nSPS) is 14.8. The summed E-state index contributed by atoms with van der Waals surface area (Å²) < 4.78 is 0. The second-order valence-corrected chi connectivity index (χ2v) is 7.11. The van der Waals surface area contributed by atoms with E-state index < -0.39 is 0 Å². The molecular formula is C21H27N3O2. The Labute approximate surface area is 154 Å². The van der Waals surface area contributed by atoms with E-state index in [1.165, 1.54) is 44.7 Å². The van der Waals surface area contributed by atoms with Crippen LogP contribution in [0.5, 0.6) is 0 Å². The molecule has 26 heavy (non-hydrogen) atoms. The molecule has 1 aromatic heterocycles. The molecule has 0 bridgehead atoms. The molecule has 1 amide bonds. The lowest BCUT2D eigenvalue weighted by atomic mass is 9.94. The first-order valence-corrected chi connectivity index (χ1v) is 9.34. The molecule has 0 spiro atoms. The monoisotopic (exact) mass is 353 g/mol. The Kier molecular flexibility index (Phi) is 5.76. The molecule has 2 N–H and O–H groups in total. The highest BCUT2D eigenvalue weighted by Crippen LogP contribution is 2.26. The van der Waals surface area contributed by atoms with Crippen LogP contribution < -0.4 is 10.2 Å². The van der Waals surface area contributed by atoms with Gasteiger partial charge in [-0.1, -0.05) is 31.4 Å². The number of ketones is 1. The first-order chi connectivity index (χ1) is 12.5. The van der Waals surface area contributed by atoms with Crippen LogP contribution >= 0.6 is 0 Å². The maximum Gasteiger partial charge on any atom is 0.267 e. The van der Waals surface area contributed by atoms with Crippen molar-refractivity contribution in [2.75, 3.05) is 11.9 Å². The maximum atomic E-state index is 12.2. The van der Waals surface area contributed by atoms with E-state index in [4.69, 9.17) is 0 Å². The maximum absolute atomic E-state index is 12.2. The molecule has 0 saturated heterocycles. The molecule has 1 saturated carbocycles. The third-order valence-electron chi connectivity index (χ3n) is 5.25. The zero-order valence-electron chi connectivity index (χ0n) is 15.5. The molecule has 0 aliphatic heterocycles. The predicted molar refractivity (Wildman–Crippen MR) is 104 cm³/mol. The third-order valence-corrected chi connectivity index (χ3v) is 5.25. The van der Waals surface area contributed by atoms with Crippen LogP contribution in [0.15, 0.2) is 36.5 Å². The number of anilines is 1. The molecule has 2 aromatic rings. The smallest absolute Gasteiger partial charge is 0.267 e. The summed E-state index contributed by atoms with van der Waals surface area (Å²) in [5, 5.41) is 2.88. The summed E-state index contributed by atoms with van der Waals surface area (Å²) in [6.07, 6.45) is 8.11. The highest BCUT2D eigenvalue weighted by atomic mass is 16.2. The molecule has 0 atom stereocenters. The molecule has 1 aliphatic rings. The van der Waals surface area contributed by atoms with Gasteiger partial charge >= 0.3 is 0 Å². The number of carbonyl (C=O) groups excluding carboxylic acids is 2. The van der Waals surface area contributed by atoms with Gasteiger partial charge in [0, 0.05) is 37.1 Å². The highest BCUT2D eigenvalue weighted by Gasteiger charge is 2.18. The third kappa shape index (κ3) is 4.34. The summed E-state index contributed by atoms with van der Waals surface area (Å²) in [4.78, 5) is 28.7. The number of benzene rings is 1. The molecule has 3 rings (SSSR count). The van der Waals surface area contributed by atoms with Crippen molar-refractivity contribution in [2.45, 2.75) is 51.6 Å². The zero-order chi connectivity index (χ0) is 18.5. The van der Waals surface area contributed by atoms with Gasteiger partial charge in [0.25, 0.3) is 5.91 Å². The van der Waals surface area contributed by atoms with E-state index in [1.807, 2.05) is 0 Å². The average Bonchev–Trinajstić information content (AvgIpc) is 3.17. The van der Waals surface area contributed by atoms with Crippen LogP contribution in [0.2, 0.25) is 0 Å². The fourth-order valence-corrected chi connectivity index (χ4v) is 3.53. The van der Waals surface area contributed by atoms with Crippen LogP contribution in [-0.4, -0.2) is 29.8 Å². The van der Waals surface area contributed by atoms with Crippen molar-refractivity contribution in [1.82, 2.24) is 10.3 Å². The van der Waals surface area contributed by atoms with E-state index >= 15 is 0 Å². The van der Waals surface area contributed by atoms with Crippen LogP contribution in [0, 0.1) is 0 Å². The second kappa shape index (κ2) is 8.21. The Balaban J connectivity index is 1.55. The average molecular weight is 353 g/mol. The number of nitrogens with zero attached hydrogens (tertiary/aromatic N) is 1. The van der Waals surface area contributed by atoms with Crippen molar-refractivity contribution in [3.63, 3.8) is 0 Å². The highest BCUT2D eigenvalue weighted by molar-refractivity contribution is 5.99. The first-order valence-electron chi connectivity index (χ1n) is 9.34. The Morgan fingerprint density at radius 2 is 1.85 bits per heavy atom. The number of nitrogens with one attached hydrogen (secondary N) is 2. The molecular weight excluding hydrogens is 326 g/mol. The first kappa shape index (κ1) is 18.2. The molecule has 1 aliphatic carbocycles. The van der Waals surface area contributed by atoms with E-state index in [0.29, 0.717) is 23.8 Å². The van der Waals surface area contributed by atoms with Gasteiger partial charge in [-0.25, -0.2) is 0 Å². The summed E-state index contributed by atoms with van der Waals surface area (Å²) in [5.41, 5.74) is 3.20. The Morgan fingerprint density at radius 3 is 2.46 bits per heavy atom. The lowest BCUT2D eigenvalue weighted by molar-refractivity contribution is 0.0946. The van der Waals surface area contributed by atoms with Gasteiger partial charge in [-0.05, 0) is 43.5 Å². The van der Waals surface area contributed by atoms with Gasteiger partial charge in [0.15, 0.2) is 5.78 Å².